The molecule has 0 bridgehead atoms. The summed E-state index contributed by atoms with van der Waals surface area (Å²) in [5, 5.41) is 5.55. The van der Waals surface area contributed by atoms with E-state index >= 15 is 0 Å². The average molecular weight is 387 g/mol. The van der Waals surface area contributed by atoms with Crippen molar-refractivity contribution < 1.29 is 18.0 Å². The van der Waals surface area contributed by atoms with E-state index in [-0.39, 0.29) is 17.3 Å². The van der Waals surface area contributed by atoms with Crippen molar-refractivity contribution in [2.24, 2.45) is 0 Å². The summed E-state index contributed by atoms with van der Waals surface area (Å²) < 4.78 is 37.8. The van der Waals surface area contributed by atoms with Crippen molar-refractivity contribution in [3.63, 3.8) is 0 Å². The van der Waals surface area contributed by atoms with Crippen LogP contribution in [0.15, 0.2) is 54.9 Å². The number of hydrogen-bond acceptors (Lipinski definition) is 5. The summed E-state index contributed by atoms with van der Waals surface area (Å²) in [6.07, 6.45) is -1.07. The molecule has 2 aromatic heterocycles. The normalized spacial score (nSPS) is 11.1. The van der Waals surface area contributed by atoms with Crippen molar-refractivity contribution in [1.82, 2.24) is 15.0 Å². The lowest BCUT2D eigenvalue weighted by atomic mass is 10.2. The molecule has 0 saturated heterocycles. The minimum Gasteiger partial charge on any atom is -0.350 e. The van der Waals surface area contributed by atoms with Crippen LogP contribution in [0, 0.1) is 6.92 Å². The highest BCUT2D eigenvalue weighted by atomic mass is 19.4. The van der Waals surface area contributed by atoms with Crippen LogP contribution in [-0.2, 0) is 12.7 Å². The summed E-state index contributed by atoms with van der Waals surface area (Å²) in [6.45, 7) is 2.14. The number of aromatic nitrogens is 3. The van der Waals surface area contributed by atoms with E-state index in [1.54, 1.807) is 25.4 Å². The van der Waals surface area contributed by atoms with E-state index in [0.717, 1.165) is 17.7 Å². The van der Waals surface area contributed by atoms with Gasteiger partial charge in [0.05, 0.1) is 5.56 Å². The van der Waals surface area contributed by atoms with Crippen LogP contribution >= 0.6 is 0 Å². The first kappa shape index (κ1) is 19.3. The quantitative estimate of drug-likeness (QED) is 0.690. The first-order chi connectivity index (χ1) is 13.3. The molecule has 144 valence electrons. The van der Waals surface area contributed by atoms with Crippen molar-refractivity contribution in [3.05, 3.63) is 77.4 Å². The molecule has 2 N–H and O–H groups in total. The molecule has 28 heavy (non-hydrogen) atoms. The van der Waals surface area contributed by atoms with Crippen LogP contribution in [0.4, 0.5) is 24.8 Å². The Morgan fingerprint density at radius 2 is 1.86 bits per heavy atom. The maximum absolute atomic E-state index is 12.6. The lowest BCUT2D eigenvalue weighted by Crippen LogP contribution is -2.16. The topological polar surface area (TPSA) is 79.8 Å². The van der Waals surface area contributed by atoms with Crippen LogP contribution in [-0.4, -0.2) is 20.9 Å². The Kier molecular flexibility index (Phi) is 5.53. The zero-order valence-electron chi connectivity index (χ0n) is 14.8. The summed E-state index contributed by atoms with van der Waals surface area (Å²) in [6, 6.07) is 9.37. The second-order valence-corrected chi connectivity index (χ2v) is 5.96. The number of alkyl halides is 3. The van der Waals surface area contributed by atoms with Crippen LogP contribution in [0.25, 0.3) is 0 Å². The number of aryl methyl sites for hydroxylation is 1. The van der Waals surface area contributed by atoms with Crippen molar-refractivity contribution in [3.8, 4) is 0 Å². The fraction of sp³-hybridized carbons (Fsp3) is 0.158. The predicted octanol–water partition coefficient (Wildman–Crippen LogP) is 4.06. The highest BCUT2D eigenvalue weighted by Crippen LogP contribution is 2.29. The molecule has 0 aliphatic rings. The Balaban J connectivity index is 1.70. The second-order valence-electron chi connectivity index (χ2n) is 5.96. The van der Waals surface area contributed by atoms with E-state index in [1.807, 2.05) is 6.07 Å². The molecule has 1 amide bonds. The number of benzene rings is 1. The van der Waals surface area contributed by atoms with Gasteiger partial charge in [-0.3, -0.25) is 9.78 Å². The number of carbonyl (C=O) groups is 1. The van der Waals surface area contributed by atoms with Crippen molar-refractivity contribution in [1.29, 1.82) is 0 Å². The molecule has 2 heterocycles. The standard InChI is InChI=1S/C19H16F3N5O/c1-12-9-16(27-18(25-12)24-11-13-3-2-8-23-10-13)17(28)26-15-6-4-14(5-7-15)19(20,21)22/h2-10H,11H2,1H3,(H,26,28)(H,24,25,27). The molecular weight excluding hydrogens is 371 g/mol. The Morgan fingerprint density at radius 1 is 1.11 bits per heavy atom. The zero-order chi connectivity index (χ0) is 20.1. The van der Waals surface area contributed by atoms with Crippen LogP contribution in [0.2, 0.25) is 0 Å². The molecule has 0 atom stereocenters. The number of nitrogens with zero attached hydrogens (tertiary/aromatic N) is 3. The second kappa shape index (κ2) is 8.03. The van der Waals surface area contributed by atoms with Gasteiger partial charge < -0.3 is 10.6 Å². The lowest BCUT2D eigenvalue weighted by molar-refractivity contribution is -0.137. The Bertz CT molecular complexity index is 960. The van der Waals surface area contributed by atoms with Crippen LogP contribution in [0.5, 0.6) is 0 Å². The first-order valence-electron chi connectivity index (χ1n) is 8.28. The van der Waals surface area contributed by atoms with E-state index in [2.05, 4.69) is 25.6 Å². The molecule has 0 fully saturated rings. The fourth-order valence-corrected chi connectivity index (χ4v) is 2.39. The summed E-state index contributed by atoms with van der Waals surface area (Å²) in [5.74, 6) is -0.281. The lowest BCUT2D eigenvalue weighted by Gasteiger charge is -2.10. The summed E-state index contributed by atoms with van der Waals surface area (Å²) in [4.78, 5) is 24.8. The number of halogens is 3. The SMILES string of the molecule is Cc1cc(C(=O)Nc2ccc(C(F)(F)F)cc2)nc(NCc2cccnc2)n1. The minimum absolute atomic E-state index is 0.0982. The third kappa shape index (κ3) is 5.03. The van der Waals surface area contributed by atoms with E-state index in [1.165, 1.54) is 18.2 Å². The van der Waals surface area contributed by atoms with Crippen molar-refractivity contribution >= 4 is 17.5 Å². The molecule has 3 rings (SSSR count). The number of nitrogens with one attached hydrogen (secondary N) is 2. The molecule has 0 spiro atoms. The predicted molar refractivity (Wildman–Crippen MR) is 97.7 cm³/mol. The molecule has 6 nitrogen and oxygen atoms in total. The van der Waals surface area contributed by atoms with Gasteiger partial charge in [0.1, 0.15) is 5.69 Å². The van der Waals surface area contributed by atoms with Gasteiger partial charge in [-0.2, -0.15) is 13.2 Å². The Morgan fingerprint density at radius 3 is 2.50 bits per heavy atom. The van der Waals surface area contributed by atoms with Gasteiger partial charge in [0.15, 0.2) is 0 Å². The van der Waals surface area contributed by atoms with Gasteiger partial charge in [-0.05, 0) is 48.9 Å². The summed E-state index contributed by atoms with van der Waals surface area (Å²) in [7, 11) is 0. The number of amides is 1. The third-order valence-electron chi connectivity index (χ3n) is 3.73. The van der Waals surface area contributed by atoms with Gasteiger partial charge in [0.2, 0.25) is 5.95 Å². The molecule has 3 aromatic rings. The number of pyridine rings is 1. The summed E-state index contributed by atoms with van der Waals surface area (Å²) in [5.41, 5.74) is 1.04. The van der Waals surface area contributed by atoms with Gasteiger partial charge in [-0.15, -0.1) is 0 Å². The monoisotopic (exact) mass is 387 g/mol. The number of carbonyl (C=O) groups excluding carboxylic acids is 1. The highest BCUT2D eigenvalue weighted by Gasteiger charge is 2.30. The maximum Gasteiger partial charge on any atom is 0.416 e. The smallest absolute Gasteiger partial charge is 0.350 e. The van der Waals surface area contributed by atoms with Crippen LogP contribution in [0.3, 0.4) is 0 Å². The summed E-state index contributed by atoms with van der Waals surface area (Å²) >= 11 is 0. The fourth-order valence-electron chi connectivity index (χ4n) is 2.39. The van der Waals surface area contributed by atoms with E-state index in [0.29, 0.717) is 12.2 Å². The first-order valence-corrected chi connectivity index (χ1v) is 8.28. The van der Waals surface area contributed by atoms with E-state index < -0.39 is 17.6 Å². The number of rotatable bonds is 5. The minimum atomic E-state index is -4.43. The molecule has 0 saturated carbocycles. The Labute approximate surface area is 158 Å². The Hall–Kier alpha value is -3.49. The van der Waals surface area contributed by atoms with Gasteiger partial charge in [-0.1, -0.05) is 6.07 Å². The van der Waals surface area contributed by atoms with Crippen LogP contribution < -0.4 is 10.6 Å². The zero-order valence-corrected chi connectivity index (χ0v) is 14.8. The van der Waals surface area contributed by atoms with Gasteiger partial charge in [0, 0.05) is 30.3 Å². The highest BCUT2D eigenvalue weighted by molar-refractivity contribution is 6.03. The van der Waals surface area contributed by atoms with Gasteiger partial charge >= 0.3 is 6.18 Å². The van der Waals surface area contributed by atoms with Crippen molar-refractivity contribution in [2.45, 2.75) is 19.6 Å². The maximum atomic E-state index is 12.6. The van der Waals surface area contributed by atoms with Gasteiger partial charge in [0.25, 0.3) is 5.91 Å². The molecule has 0 unspecified atom stereocenters. The molecule has 0 aliphatic carbocycles. The molecule has 0 aliphatic heterocycles. The molecular formula is C19H16F3N5O. The molecule has 1 aromatic carbocycles. The van der Waals surface area contributed by atoms with E-state index in [4.69, 9.17) is 0 Å². The van der Waals surface area contributed by atoms with Crippen LogP contribution in [0.1, 0.15) is 27.3 Å². The molecule has 9 heteroatoms. The van der Waals surface area contributed by atoms with E-state index in [9.17, 15) is 18.0 Å². The number of hydrogen-bond donors (Lipinski definition) is 2. The third-order valence-corrected chi connectivity index (χ3v) is 3.73. The molecule has 0 radical (unpaired) electrons. The van der Waals surface area contributed by atoms with Gasteiger partial charge in [-0.25, -0.2) is 9.97 Å². The number of anilines is 2. The largest absolute Gasteiger partial charge is 0.416 e. The average Bonchev–Trinajstić information content (AvgIpc) is 2.66. The van der Waals surface area contributed by atoms with Crippen molar-refractivity contribution in [2.75, 3.05) is 10.6 Å².